The lowest BCUT2D eigenvalue weighted by Crippen LogP contribution is -2.20. The van der Waals surface area contributed by atoms with Crippen molar-refractivity contribution in [1.29, 1.82) is 0 Å². The van der Waals surface area contributed by atoms with Crippen LogP contribution in [0.4, 0.5) is 11.4 Å². The van der Waals surface area contributed by atoms with Crippen molar-refractivity contribution in [2.75, 3.05) is 24.4 Å². The Labute approximate surface area is 169 Å². The van der Waals surface area contributed by atoms with Crippen molar-refractivity contribution in [3.05, 3.63) is 83.9 Å². The van der Waals surface area contributed by atoms with Gasteiger partial charge in [-0.15, -0.1) is 0 Å². The first-order chi connectivity index (χ1) is 14.0. The molecule has 3 aromatic rings. The number of methoxy groups -OCH3 is 1. The topological polar surface area (TPSA) is 76.7 Å². The van der Waals surface area contributed by atoms with E-state index in [-0.39, 0.29) is 18.4 Å². The van der Waals surface area contributed by atoms with Gasteiger partial charge in [-0.2, -0.15) is 0 Å². The Hall–Kier alpha value is -3.80. The summed E-state index contributed by atoms with van der Waals surface area (Å²) in [4.78, 5) is 24.3. The molecule has 148 valence electrons. The summed E-state index contributed by atoms with van der Waals surface area (Å²) in [6.07, 6.45) is 0. The first-order valence-corrected chi connectivity index (χ1v) is 9.08. The largest absolute Gasteiger partial charge is 0.497 e. The molecule has 0 atom stereocenters. The smallest absolute Gasteiger partial charge is 0.262 e. The molecule has 0 aliphatic heterocycles. The van der Waals surface area contributed by atoms with Crippen LogP contribution in [0.3, 0.4) is 0 Å². The zero-order valence-electron chi connectivity index (χ0n) is 16.3. The minimum Gasteiger partial charge on any atom is -0.497 e. The van der Waals surface area contributed by atoms with E-state index in [1.807, 2.05) is 31.2 Å². The molecule has 6 nitrogen and oxygen atoms in total. The van der Waals surface area contributed by atoms with Gasteiger partial charge in [-0.1, -0.05) is 17.7 Å². The molecule has 0 heterocycles. The van der Waals surface area contributed by atoms with Crippen LogP contribution in [0.15, 0.2) is 72.8 Å². The number of aryl methyl sites for hydroxylation is 1. The number of hydrogen-bond donors (Lipinski definition) is 2. The van der Waals surface area contributed by atoms with E-state index in [2.05, 4.69) is 10.6 Å². The molecule has 0 aliphatic rings. The fourth-order valence-electron chi connectivity index (χ4n) is 2.56. The van der Waals surface area contributed by atoms with Crippen LogP contribution in [0, 0.1) is 6.92 Å². The normalized spacial score (nSPS) is 10.1. The number of carbonyl (C=O) groups is 2. The van der Waals surface area contributed by atoms with Gasteiger partial charge in [0.25, 0.3) is 11.8 Å². The number of ether oxygens (including phenoxy) is 2. The van der Waals surface area contributed by atoms with Crippen molar-refractivity contribution >= 4 is 23.2 Å². The van der Waals surface area contributed by atoms with Gasteiger partial charge in [0.15, 0.2) is 6.61 Å². The number of amides is 2. The van der Waals surface area contributed by atoms with Crippen molar-refractivity contribution in [3.63, 3.8) is 0 Å². The summed E-state index contributed by atoms with van der Waals surface area (Å²) in [5.41, 5.74) is 3.01. The molecule has 0 aromatic heterocycles. The summed E-state index contributed by atoms with van der Waals surface area (Å²) in [5, 5.41) is 5.58. The molecule has 2 amide bonds. The van der Waals surface area contributed by atoms with Gasteiger partial charge >= 0.3 is 0 Å². The predicted octanol–water partition coefficient (Wildman–Crippen LogP) is 4.27. The van der Waals surface area contributed by atoms with Crippen LogP contribution in [-0.4, -0.2) is 25.5 Å². The molecule has 0 fully saturated rings. The van der Waals surface area contributed by atoms with Crippen molar-refractivity contribution in [1.82, 2.24) is 0 Å². The Bertz CT molecular complexity index is 965. The second-order valence-corrected chi connectivity index (χ2v) is 6.41. The maximum absolute atomic E-state index is 12.3. The lowest BCUT2D eigenvalue weighted by molar-refractivity contribution is -0.118. The van der Waals surface area contributed by atoms with Gasteiger partial charge in [0.2, 0.25) is 0 Å². The summed E-state index contributed by atoms with van der Waals surface area (Å²) >= 11 is 0. The van der Waals surface area contributed by atoms with E-state index in [9.17, 15) is 9.59 Å². The molecule has 0 bridgehead atoms. The molecular weight excluding hydrogens is 368 g/mol. The highest BCUT2D eigenvalue weighted by molar-refractivity contribution is 6.04. The van der Waals surface area contributed by atoms with Gasteiger partial charge in [0.05, 0.1) is 7.11 Å². The van der Waals surface area contributed by atoms with Crippen molar-refractivity contribution in [2.45, 2.75) is 6.92 Å². The first-order valence-electron chi connectivity index (χ1n) is 9.08. The summed E-state index contributed by atoms with van der Waals surface area (Å²) in [7, 11) is 1.58. The maximum Gasteiger partial charge on any atom is 0.262 e. The van der Waals surface area contributed by atoms with E-state index in [1.165, 1.54) is 0 Å². The van der Waals surface area contributed by atoms with Gasteiger partial charge in [-0.3, -0.25) is 9.59 Å². The third-order valence-electron chi connectivity index (χ3n) is 4.17. The lowest BCUT2D eigenvalue weighted by atomic mass is 10.2. The third-order valence-corrected chi connectivity index (χ3v) is 4.17. The van der Waals surface area contributed by atoms with Crippen LogP contribution in [0.1, 0.15) is 15.9 Å². The predicted molar refractivity (Wildman–Crippen MR) is 113 cm³/mol. The zero-order chi connectivity index (χ0) is 20.6. The van der Waals surface area contributed by atoms with Gasteiger partial charge in [0, 0.05) is 16.9 Å². The van der Waals surface area contributed by atoms with Gasteiger partial charge in [-0.25, -0.2) is 0 Å². The maximum atomic E-state index is 12.3. The molecule has 0 radical (unpaired) electrons. The van der Waals surface area contributed by atoms with Gasteiger partial charge in [0.1, 0.15) is 11.5 Å². The van der Waals surface area contributed by atoms with Crippen molar-refractivity contribution < 1.29 is 19.1 Å². The number of benzene rings is 3. The molecule has 2 N–H and O–H groups in total. The van der Waals surface area contributed by atoms with E-state index >= 15 is 0 Å². The van der Waals surface area contributed by atoms with Crippen LogP contribution in [0.2, 0.25) is 0 Å². The fourth-order valence-corrected chi connectivity index (χ4v) is 2.56. The average Bonchev–Trinajstić information content (AvgIpc) is 2.75. The minimum absolute atomic E-state index is 0.138. The van der Waals surface area contributed by atoms with Gasteiger partial charge in [-0.05, 0) is 67.6 Å². The van der Waals surface area contributed by atoms with E-state index < -0.39 is 0 Å². The Balaban J connectivity index is 1.49. The van der Waals surface area contributed by atoms with E-state index in [0.717, 1.165) is 11.3 Å². The highest BCUT2D eigenvalue weighted by Crippen LogP contribution is 2.16. The molecule has 3 aromatic carbocycles. The Morgan fingerprint density at radius 1 is 0.759 bits per heavy atom. The van der Waals surface area contributed by atoms with Crippen LogP contribution in [-0.2, 0) is 4.79 Å². The molecule has 0 spiro atoms. The highest BCUT2D eigenvalue weighted by Gasteiger charge is 2.08. The van der Waals surface area contributed by atoms with Gasteiger partial charge < -0.3 is 20.1 Å². The minimum atomic E-state index is -0.281. The standard InChI is InChI=1S/C23H22N2O4/c1-16-3-7-19(8-4-16)25-23(27)17-5-11-21(12-6-17)29-15-22(26)24-18-9-13-20(28-2)14-10-18/h3-14H,15H2,1-2H3,(H,24,26)(H,25,27). The van der Waals surface area contributed by atoms with Crippen LogP contribution < -0.4 is 20.1 Å². The quantitative estimate of drug-likeness (QED) is 0.632. The monoisotopic (exact) mass is 390 g/mol. The van der Waals surface area contributed by atoms with Crippen molar-refractivity contribution in [2.24, 2.45) is 0 Å². The Morgan fingerprint density at radius 3 is 1.93 bits per heavy atom. The SMILES string of the molecule is COc1ccc(NC(=O)COc2ccc(C(=O)Nc3ccc(C)cc3)cc2)cc1. The summed E-state index contributed by atoms with van der Waals surface area (Å²) in [5.74, 6) is 0.724. The van der Waals surface area contributed by atoms with Crippen molar-refractivity contribution in [3.8, 4) is 11.5 Å². The molecule has 0 saturated heterocycles. The molecule has 3 rings (SSSR count). The molecule has 6 heteroatoms. The Morgan fingerprint density at radius 2 is 1.31 bits per heavy atom. The van der Waals surface area contributed by atoms with E-state index in [1.54, 1.807) is 55.6 Å². The molecule has 0 saturated carbocycles. The number of carbonyl (C=O) groups excluding carboxylic acids is 2. The fraction of sp³-hybridized carbons (Fsp3) is 0.130. The molecule has 29 heavy (non-hydrogen) atoms. The number of rotatable bonds is 7. The Kier molecular flexibility index (Phi) is 6.47. The first kappa shape index (κ1) is 19.9. The zero-order valence-corrected chi connectivity index (χ0v) is 16.3. The molecular formula is C23H22N2O4. The number of hydrogen-bond acceptors (Lipinski definition) is 4. The number of nitrogens with one attached hydrogen (secondary N) is 2. The summed E-state index contributed by atoms with van der Waals surface area (Å²) in [6.45, 7) is 1.85. The van der Waals surface area contributed by atoms with E-state index in [0.29, 0.717) is 22.7 Å². The lowest BCUT2D eigenvalue weighted by Gasteiger charge is -2.09. The average molecular weight is 390 g/mol. The van der Waals surface area contributed by atoms with Crippen LogP contribution in [0.25, 0.3) is 0 Å². The van der Waals surface area contributed by atoms with Crippen LogP contribution >= 0.6 is 0 Å². The third kappa shape index (κ3) is 5.84. The van der Waals surface area contributed by atoms with Crippen LogP contribution in [0.5, 0.6) is 11.5 Å². The summed E-state index contributed by atoms with van der Waals surface area (Å²) < 4.78 is 10.6. The molecule has 0 unspecified atom stereocenters. The second kappa shape index (κ2) is 9.41. The summed E-state index contributed by atoms with van der Waals surface area (Å²) in [6, 6.07) is 21.2. The second-order valence-electron chi connectivity index (χ2n) is 6.41. The highest BCUT2D eigenvalue weighted by atomic mass is 16.5. The van der Waals surface area contributed by atoms with E-state index in [4.69, 9.17) is 9.47 Å². The number of anilines is 2. The molecule has 0 aliphatic carbocycles.